The molecule has 3 N–H and O–H groups in total. The number of hydrogen-bond donors (Lipinski definition) is 3. The molecular weight excluding hydrogens is 506 g/mol. The zero-order chi connectivity index (χ0) is 26.2. The predicted molar refractivity (Wildman–Crippen MR) is 156 cm³/mol. The van der Waals surface area contributed by atoms with Crippen molar-refractivity contribution in [1.82, 2.24) is 19.9 Å². The predicted octanol–water partition coefficient (Wildman–Crippen LogP) is 6.49. The zero-order valence-electron chi connectivity index (χ0n) is 21.3. The van der Waals surface area contributed by atoms with Gasteiger partial charge in [-0.15, -0.1) is 0 Å². The maximum atomic E-state index is 12.8. The van der Waals surface area contributed by atoms with Crippen LogP contribution in [0.15, 0.2) is 70.7 Å². The Morgan fingerprint density at radius 1 is 0.974 bits per heavy atom. The van der Waals surface area contributed by atoms with Gasteiger partial charge in [0.2, 0.25) is 5.91 Å². The first-order valence-electron chi connectivity index (χ1n) is 13.3. The van der Waals surface area contributed by atoms with Crippen LogP contribution in [0.4, 0.5) is 11.4 Å². The Bertz CT molecular complexity index is 1700. The number of amides is 1. The van der Waals surface area contributed by atoms with Gasteiger partial charge in [0.15, 0.2) is 11.5 Å². The average Bonchev–Trinajstić information content (AvgIpc) is 3.68. The third kappa shape index (κ3) is 4.59. The highest BCUT2D eigenvalue weighted by molar-refractivity contribution is 7.08. The van der Waals surface area contributed by atoms with Crippen molar-refractivity contribution in [2.75, 3.05) is 17.3 Å². The zero-order valence-corrected chi connectivity index (χ0v) is 22.1. The molecule has 7 rings (SSSR count). The van der Waals surface area contributed by atoms with Gasteiger partial charge in [-0.3, -0.25) is 14.8 Å². The van der Waals surface area contributed by atoms with Crippen molar-refractivity contribution in [3.8, 4) is 22.3 Å². The maximum Gasteiger partial charge on any atom is 0.227 e. The van der Waals surface area contributed by atoms with Crippen molar-refractivity contribution in [1.29, 1.82) is 0 Å². The van der Waals surface area contributed by atoms with Crippen LogP contribution >= 0.6 is 11.3 Å². The molecule has 5 heterocycles. The summed E-state index contributed by atoms with van der Waals surface area (Å²) in [5.74, 6) is 0.874. The van der Waals surface area contributed by atoms with E-state index in [0.29, 0.717) is 18.1 Å². The molecule has 9 heteroatoms. The van der Waals surface area contributed by atoms with Gasteiger partial charge in [0, 0.05) is 40.7 Å². The Kier molecular flexibility index (Phi) is 6.13. The van der Waals surface area contributed by atoms with Crippen LogP contribution in [0.5, 0.6) is 0 Å². The van der Waals surface area contributed by atoms with E-state index in [1.807, 2.05) is 18.3 Å². The van der Waals surface area contributed by atoms with Crippen LogP contribution in [0, 0.1) is 5.92 Å². The monoisotopic (exact) mass is 533 g/mol. The molecule has 0 spiro atoms. The summed E-state index contributed by atoms with van der Waals surface area (Å²) in [7, 11) is 0. The van der Waals surface area contributed by atoms with E-state index in [-0.39, 0.29) is 11.8 Å². The number of anilines is 2. The number of aromatic amines is 1. The Morgan fingerprint density at radius 2 is 1.90 bits per heavy atom. The number of fused-ring (bicyclic) bond motifs is 2. The summed E-state index contributed by atoms with van der Waals surface area (Å²) in [6.45, 7) is 0.466. The lowest BCUT2D eigenvalue weighted by molar-refractivity contribution is -0.120. The Hall–Kier alpha value is -4.37. The summed E-state index contributed by atoms with van der Waals surface area (Å²) >= 11 is 1.66. The lowest BCUT2D eigenvalue weighted by Crippen LogP contribution is -2.24. The maximum absolute atomic E-state index is 12.8. The number of benzene rings is 1. The normalized spacial score (nSPS) is 15.4. The van der Waals surface area contributed by atoms with Crippen LogP contribution in [0.1, 0.15) is 43.5 Å². The first-order chi connectivity index (χ1) is 19.2. The number of nitrogens with zero attached hydrogens (tertiary/aromatic N) is 4. The van der Waals surface area contributed by atoms with Crippen LogP contribution in [0.2, 0.25) is 0 Å². The molecule has 0 bridgehead atoms. The van der Waals surface area contributed by atoms with E-state index in [2.05, 4.69) is 60.6 Å². The second-order valence-electron chi connectivity index (χ2n) is 10.0. The van der Waals surface area contributed by atoms with E-state index in [1.165, 1.54) is 6.42 Å². The molecule has 2 aliphatic rings. The summed E-state index contributed by atoms with van der Waals surface area (Å²) in [5.41, 5.74) is 9.13. The molecule has 1 aliphatic carbocycles. The van der Waals surface area contributed by atoms with Crippen molar-refractivity contribution in [2.45, 2.75) is 32.1 Å². The molecule has 39 heavy (non-hydrogen) atoms. The Labute approximate surface area is 229 Å². The molecule has 8 nitrogen and oxygen atoms in total. The highest BCUT2D eigenvalue weighted by Gasteiger charge is 2.23. The smallest absolute Gasteiger partial charge is 0.227 e. The molecule has 1 saturated carbocycles. The number of thiophene rings is 1. The van der Waals surface area contributed by atoms with E-state index in [0.717, 1.165) is 76.1 Å². The summed E-state index contributed by atoms with van der Waals surface area (Å²) in [5, 5.41) is 10.6. The summed E-state index contributed by atoms with van der Waals surface area (Å²) in [6.07, 6.45) is 10.7. The van der Waals surface area contributed by atoms with E-state index >= 15 is 0 Å². The summed E-state index contributed by atoms with van der Waals surface area (Å²) < 4.78 is 0. The minimum absolute atomic E-state index is 0.0922. The second-order valence-corrected chi connectivity index (χ2v) is 10.8. The molecule has 5 aromatic rings. The average molecular weight is 534 g/mol. The quantitative estimate of drug-likeness (QED) is 0.239. The molecule has 0 saturated heterocycles. The van der Waals surface area contributed by atoms with Gasteiger partial charge >= 0.3 is 0 Å². The number of aliphatic imine (C=N–C) groups is 1. The van der Waals surface area contributed by atoms with E-state index in [4.69, 9.17) is 9.98 Å². The lowest BCUT2D eigenvalue weighted by atomic mass is 9.88. The highest BCUT2D eigenvalue weighted by atomic mass is 32.1. The van der Waals surface area contributed by atoms with Crippen molar-refractivity contribution in [3.63, 3.8) is 0 Å². The second kappa shape index (κ2) is 10.1. The number of carbonyl (C=O) groups is 1. The van der Waals surface area contributed by atoms with E-state index < -0.39 is 0 Å². The van der Waals surface area contributed by atoms with Crippen molar-refractivity contribution in [2.24, 2.45) is 10.9 Å². The Balaban J connectivity index is 1.21. The number of hydrogen-bond acceptors (Lipinski definition) is 7. The number of H-pyrrole nitrogens is 1. The van der Waals surface area contributed by atoms with Crippen LogP contribution in [0.25, 0.3) is 33.4 Å². The molecule has 194 valence electrons. The fourth-order valence-corrected chi connectivity index (χ4v) is 6.18. The van der Waals surface area contributed by atoms with Gasteiger partial charge in [0.25, 0.3) is 0 Å². The van der Waals surface area contributed by atoms with Gasteiger partial charge < -0.3 is 15.6 Å². The SMILES string of the molecule is O=C(Nc1cncc(-c2ccc3c(c2)C(c2nc4nccc(-c5ccsc5)c4[nH]2)=NCN3)c1)C1CCCCC1. The van der Waals surface area contributed by atoms with Crippen molar-refractivity contribution < 1.29 is 4.79 Å². The number of carbonyl (C=O) groups excluding carboxylic acids is 1. The molecule has 0 radical (unpaired) electrons. The van der Waals surface area contributed by atoms with Crippen LogP contribution in [-0.4, -0.2) is 38.2 Å². The highest BCUT2D eigenvalue weighted by Crippen LogP contribution is 2.32. The van der Waals surface area contributed by atoms with Crippen molar-refractivity contribution >= 4 is 45.5 Å². The van der Waals surface area contributed by atoms with Gasteiger partial charge in [0.05, 0.1) is 17.4 Å². The van der Waals surface area contributed by atoms with Gasteiger partial charge in [-0.25, -0.2) is 9.97 Å². The van der Waals surface area contributed by atoms with Gasteiger partial charge in [-0.1, -0.05) is 25.3 Å². The molecule has 0 unspecified atom stereocenters. The van der Waals surface area contributed by atoms with Crippen molar-refractivity contribution in [3.05, 3.63) is 77.1 Å². The first kappa shape index (κ1) is 23.7. The first-order valence-corrected chi connectivity index (χ1v) is 14.2. The molecule has 1 amide bonds. The fourth-order valence-electron chi connectivity index (χ4n) is 5.52. The Morgan fingerprint density at radius 3 is 2.77 bits per heavy atom. The van der Waals surface area contributed by atoms with Gasteiger partial charge in [-0.2, -0.15) is 11.3 Å². The van der Waals surface area contributed by atoms with E-state index in [1.54, 1.807) is 23.7 Å². The third-order valence-corrected chi connectivity index (χ3v) is 8.23. The lowest BCUT2D eigenvalue weighted by Gasteiger charge is -2.21. The van der Waals surface area contributed by atoms with Crippen LogP contribution in [-0.2, 0) is 4.79 Å². The minimum atomic E-state index is 0.0922. The topological polar surface area (TPSA) is 108 Å². The third-order valence-electron chi connectivity index (χ3n) is 7.55. The molecule has 1 fully saturated rings. The molecule has 1 aromatic carbocycles. The van der Waals surface area contributed by atoms with Gasteiger partial charge in [0.1, 0.15) is 12.4 Å². The molecule has 4 aromatic heterocycles. The van der Waals surface area contributed by atoms with Crippen LogP contribution in [0.3, 0.4) is 0 Å². The summed E-state index contributed by atoms with van der Waals surface area (Å²) in [4.78, 5) is 34.8. The number of nitrogens with one attached hydrogen (secondary N) is 3. The largest absolute Gasteiger partial charge is 0.366 e. The molecular formula is C30H27N7OS. The van der Waals surface area contributed by atoms with E-state index in [9.17, 15) is 4.79 Å². The summed E-state index contributed by atoms with van der Waals surface area (Å²) in [6, 6.07) is 12.3. The number of imidazole rings is 1. The molecule has 1 aliphatic heterocycles. The van der Waals surface area contributed by atoms with Crippen LogP contribution < -0.4 is 10.6 Å². The van der Waals surface area contributed by atoms with Gasteiger partial charge in [-0.05, 0) is 65.1 Å². The minimum Gasteiger partial charge on any atom is -0.366 e. The number of pyridine rings is 2. The standard InChI is InChI=1S/C30H27N7OS/c38-30(18-4-2-1-3-5-18)35-22-12-21(14-31-15-22)19-6-7-25-24(13-19)26(34-17-33-25)29-36-27-23(20-9-11-39-16-20)8-10-32-28(27)37-29/h6-16,18,33H,1-5,17H2,(H,35,38)(H,32,36,37). The fraction of sp³-hybridized carbons (Fsp3) is 0.233. The number of aromatic nitrogens is 4. The molecule has 0 atom stereocenters. The number of rotatable bonds is 5.